The van der Waals surface area contributed by atoms with E-state index < -0.39 is 0 Å². The molecule has 0 N–H and O–H groups in total. The van der Waals surface area contributed by atoms with Crippen LogP contribution in [-0.4, -0.2) is 30.7 Å². The van der Waals surface area contributed by atoms with E-state index in [-0.39, 0.29) is 0 Å². The normalized spacial score (nSPS) is 12.7. The van der Waals surface area contributed by atoms with Gasteiger partial charge in [0, 0.05) is 42.3 Å². The van der Waals surface area contributed by atoms with Gasteiger partial charge in [0.15, 0.2) is 0 Å². The smallest absolute Gasteiger partial charge is 0.0928 e. The van der Waals surface area contributed by atoms with Crippen LogP contribution in [0.2, 0.25) is 0 Å². The quantitative estimate of drug-likeness (QED) is 0.462. The molecule has 146 valence electrons. The number of rotatable bonds is 11. The van der Waals surface area contributed by atoms with Crippen molar-refractivity contribution < 1.29 is 0 Å². The SMILES string of the molecule is CCCc1nc(CN(Cc2csc(CCC)n2)[C@@H](C)Cn2cccn2)cs1. The summed E-state index contributed by atoms with van der Waals surface area (Å²) in [5, 5.41) is 11.3. The van der Waals surface area contributed by atoms with E-state index in [1.807, 2.05) is 23.1 Å². The minimum atomic E-state index is 0.345. The predicted octanol–water partition coefficient (Wildman–Crippen LogP) is 4.79. The van der Waals surface area contributed by atoms with Crippen molar-refractivity contribution in [1.82, 2.24) is 24.6 Å². The number of nitrogens with zero attached hydrogens (tertiary/aromatic N) is 5. The summed E-state index contributed by atoms with van der Waals surface area (Å²) >= 11 is 3.56. The first-order valence-corrected chi connectivity index (χ1v) is 11.5. The summed E-state index contributed by atoms with van der Waals surface area (Å²) in [5.74, 6) is 0. The van der Waals surface area contributed by atoms with Crippen molar-refractivity contribution >= 4 is 22.7 Å². The maximum atomic E-state index is 4.83. The predicted molar refractivity (Wildman–Crippen MR) is 113 cm³/mol. The van der Waals surface area contributed by atoms with E-state index in [9.17, 15) is 0 Å². The molecule has 0 aliphatic heterocycles. The van der Waals surface area contributed by atoms with Crippen LogP contribution in [0.15, 0.2) is 29.2 Å². The minimum absolute atomic E-state index is 0.345. The first-order chi connectivity index (χ1) is 13.2. The van der Waals surface area contributed by atoms with Crippen molar-refractivity contribution in [3.63, 3.8) is 0 Å². The molecule has 0 saturated heterocycles. The summed E-state index contributed by atoms with van der Waals surface area (Å²) in [6.07, 6.45) is 8.29. The molecule has 0 unspecified atom stereocenters. The molecule has 0 amide bonds. The average Bonchev–Trinajstić information content (AvgIpc) is 3.39. The summed E-state index contributed by atoms with van der Waals surface area (Å²) in [5.41, 5.74) is 2.33. The monoisotopic (exact) mass is 403 g/mol. The second-order valence-corrected chi connectivity index (χ2v) is 8.83. The Bertz CT molecular complexity index is 747. The maximum absolute atomic E-state index is 4.83. The Balaban J connectivity index is 1.71. The molecule has 3 heterocycles. The Kier molecular flexibility index (Phi) is 7.55. The van der Waals surface area contributed by atoms with Crippen LogP contribution in [-0.2, 0) is 32.5 Å². The van der Waals surface area contributed by atoms with Gasteiger partial charge in [-0.3, -0.25) is 9.58 Å². The first-order valence-electron chi connectivity index (χ1n) is 9.76. The topological polar surface area (TPSA) is 46.8 Å². The van der Waals surface area contributed by atoms with Gasteiger partial charge >= 0.3 is 0 Å². The average molecular weight is 404 g/mol. The number of hydrogen-bond donors (Lipinski definition) is 0. The highest BCUT2D eigenvalue weighted by molar-refractivity contribution is 7.09. The molecule has 3 rings (SSSR count). The van der Waals surface area contributed by atoms with E-state index in [0.717, 1.165) is 45.3 Å². The third kappa shape index (κ3) is 5.96. The van der Waals surface area contributed by atoms with E-state index >= 15 is 0 Å². The third-order valence-corrected chi connectivity index (χ3v) is 6.41. The number of hydrogen-bond acceptors (Lipinski definition) is 6. The van der Waals surface area contributed by atoms with Gasteiger partial charge in [0.2, 0.25) is 0 Å². The van der Waals surface area contributed by atoms with Crippen LogP contribution in [0.5, 0.6) is 0 Å². The Morgan fingerprint density at radius 1 is 1.00 bits per heavy atom. The van der Waals surface area contributed by atoms with Gasteiger partial charge in [-0.15, -0.1) is 22.7 Å². The van der Waals surface area contributed by atoms with Crippen LogP contribution < -0.4 is 0 Å². The first kappa shape index (κ1) is 20.2. The standard InChI is InChI=1S/C20H29N5S2/c1-4-7-19-22-17(14-26-19)12-24(16(3)11-25-10-6-9-21-25)13-18-15-27-20(23-18)8-5-2/h6,9-10,14-16H,4-5,7-8,11-13H2,1-3H3/t16-/m0/s1. The molecule has 3 aromatic rings. The number of thiazole rings is 2. The van der Waals surface area contributed by atoms with Crippen LogP contribution in [0.1, 0.15) is 55.0 Å². The minimum Gasteiger partial charge on any atom is -0.287 e. The van der Waals surface area contributed by atoms with Crippen LogP contribution in [0.25, 0.3) is 0 Å². The highest BCUT2D eigenvalue weighted by Crippen LogP contribution is 2.19. The lowest BCUT2D eigenvalue weighted by atomic mass is 10.2. The molecule has 3 aromatic heterocycles. The van der Waals surface area contributed by atoms with E-state index in [4.69, 9.17) is 9.97 Å². The second-order valence-electron chi connectivity index (χ2n) is 6.95. The fourth-order valence-corrected chi connectivity index (χ4v) is 4.86. The molecule has 1 atom stereocenters. The molecule has 0 spiro atoms. The van der Waals surface area contributed by atoms with Crippen molar-refractivity contribution in [1.29, 1.82) is 0 Å². The van der Waals surface area contributed by atoms with Crippen molar-refractivity contribution in [2.24, 2.45) is 0 Å². The summed E-state index contributed by atoms with van der Waals surface area (Å²) in [6.45, 7) is 9.24. The Morgan fingerprint density at radius 3 is 2.07 bits per heavy atom. The van der Waals surface area contributed by atoms with Crippen molar-refractivity contribution in [2.45, 2.75) is 72.1 Å². The highest BCUT2D eigenvalue weighted by atomic mass is 32.1. The second kappa shape index (κ2) is 10.1. The molecule has 0 fully saturated rings. The van der Waals surface area contributed by atoms with Gasteiger partial charge < -0.3 is 0 Å². The van der Waals surface area contributed by atoms with Crippen LogP contribution >= 0.6 is 22.7 Å². The lowest BCUT2D eigenvalue weighted by molar-refractivity contribution is 0.166. The summed E-state index contributed by atoms with van der Waals surface area (Å²) in [4.78, 5) is 12.1. The van der Waals surface area contributed by atoms with E-state index in [1.165, 1.54) is 21.4 Å². The summed E-state index contributed by atoms with van der Waals surface area (Å²) in [6, 6.07) is 2.32. The lowest BCUT2D eigenvalue weighted by Crippen LogP contribution is -2.35. The molecule has 0 bridgehead atoms. The van der Waals surface area contributed by atoms with Gasteiger partial charge in [-0.2, -0.15) is 5.10 Å². The van der Waals surface area contributed by atoms with Crippen LogP contribution in [0, 0.1) is 0 Å². The molecule has 5 nitrogen and oxygen atoms in total. The molecule has 0 saturated carbocycles. The molecule has 0 aliphatic rings. The Hall–Kier alpha value is -1.57. The van der Waals surface area contributed by atoms with Gasteiger partial charge in [-0.1, -0.05) is 13.8 Å². The zero-order chi connectivity index (χ0) is 19.1. The molecule has 7 heteroatoms. The zero-order valence-corrected chi connectivity index (χ0v) is 18.1. The Morgan fingerprint density at radius 2 is 1.59 bits per heavy atom. The molecule has 0 aliphatic carbocycles. The van der Waals surface area contributed by atoms with Crippen LogP contribution in [0.3, 0.4) is 0 Å². The van der Waals surface area contributed by atoms with Gasteiger partial charge in [0.1, 0.15) is 0 Å². The zero-order valence-electron chi connectivity index (χ0n) is 16.5. The van der Waals surface area contributed by atoms with Gasteiger partial charge in [-0.25, -0.2) is 9.97 Å². The molecule has 0 aromatic carbocycles. The van der Waals surface area contributed by atoms with Crippen molar-refractivity contribution in [3.8, 4) is 0 Å². The highest BCUT2D eigenvalue weighted by Gasteiger charge is 2.18. The van der Waals surface area contributed by atoms with Gasteiger partial charge in [-0.05, 0) is 38.7 Å². The lowest BCUT2D eigenvalue weighted by Gasteiger charge is -2.27. The van der Waals surface area contributed by atoms with E-state index in [0.29, 0.717) is 6.04 Å². The van der Waals surface area contributed by atoms with Crippen molar-refractivity contribution in [2.75, 3.05) is 0 Å². The maximum Gasteiger partial charge on any atom is 0.0928 e. The molecule has 0 radical (unpaired) electrons. The molecular formula is C20H29N5S2. The van der Waals surface area contributed by atoms with Crippen molar-refractivity contribution in [3.05, 3.63) is 50.6 Å². The summed E-state index contributed by atoms with van der Waals surface area (Å²) < 4.78 is 2.00. The number of aryl methyl sites for hydroxylation is 2. The fourth-order valence-electron chi connectivity index (χ4n) is 3.08. The van der Waals surface area contributed by atoms with E-state index in [2.05, 4.69) is 41.5 Å². The van der Waals surface area contributed by atoms with Crippen LogP contribution in [0.4, 0.5) is 0 Å². The molecule has 27 heavy (non-hydrogen) atoms. The third-order valence-electron chi connectivity index (χ3n) is 4.49. The molecular weight excluding hydrogens is 374 g/mol. The fraction of sp³-hybridized carbons (Fsp3) is 0.550. The number of aromatic nitrogens is 4. The van der Waals surface area contributed by atoms with E-state index in [1.54, 1.807) is 22.7 Å². The summed E-state index contributed by atoms with van der Waals surface area (Å²) in [7, 11) is 0. The van der Waals surface area contributed by atoms with Gasteiger partial charge in [0.25, 0.3) is 0 Å². The Labute approximate surface area is 170 Å². The largest absolute Gasteiger partial charge is 0.287 e. The van der Waals surface area contributed by atoms with Gasteiger partial charge in [0.05, 0.1) is 27.9 Å².